The Balaban J connectivity index is 0.000000132. The number of benzene rings is 6. The molecule has 3 aliphatic heterocycles. The van der Waals surface area contributed by atoms with E-state index in [0.717, 1.165) is 152 Å². The fourth-order valence-electron chi connectivity index (χ4n) is 13.0. The van der Waals surface area contributed by atoms with Gasteiger partial charge in [-0.3, -0.25) is 43.4 Å². The predicted molar refractivity (Wildman–Crippen MR) is 383 cm³/mol. The molecule has 0 N–H and O–H groups in total. The van der Waals surface area contributed by atoms with Crippen LogP contribution in [0.25, 0.3) is 66.5 Å². The van der Waals surface area contributed by atoms with Gasteiger partial charge in [0, 0.05) is 109 Å². The smallest absolute Gasteiger partial charge is 0.246 e. The number of ether oxygens (including phenoxy) is 3. The molecule has 3 amide bonds. The molecule has 3 aliphatic rings. The van der Waals surface area contributed by atoms with Gasteiger partial charge in [0.2, 0.25) is 17.7 Å². The second-order valence-electron chi connectivity index (χ2n) is 24.5. The van der Waals surface area contributed by atoms with E-state index in [1.54, 1.807) is 18.6 Å². The first-order chi connectivity index (χ1) is 47.9. The van der Waals surface area contributed by atoms with Gasteiger partial charge in [-0.15, -0.1) is 0 Å². The van der Waals surface area contributed by atoms with E-state index >= 15 is 0 Å². The van der Waals surface area contributed by atoms with Crippen molar-refractivity contribution in [2.24, 2.45) is 0 Å². The minimum absolute atomic E-state index is 0.0257. The quantitative estimate of drug-likeness (QED) is 0.0888. The van der Waals surface area contributed by atoms with E-state index in [1.165, 1.54) is 18.2 Å². The topological polar surface area (TPSA) is 181 Å². The first kappa shape index (κ1) is 65.2. The number of amides is 3. The maximum absolute atomic E-state index is 12.2. The van der Waals surface area contributed by atoms with Gasteiger partial charge >= 0.3 is 0 Å². The molecule has 19 heteroatoms. The van der Waals surface area contributed by atoms with Crippen LogP contribution in [0, 0.1) is 13.8 Å². The van der Waals surface area contributed by atoms with E-state index in [1.807, 2.05) is 220 Å². The SMILES string of the molecule is C=CC(=O)N1CCC(n2nc(-c3ccc(Oc4cccc(C)c4)cc3)c3cnccc32)C1.C=CC(=O)N1CCCC(n2nc(-c3ccc(Oc4cccc(C)c4)cc3)c3cnccc32)C1.C=CC(=O)N1CCCC(n2nc(-c3ccc(Oc4ccccc4)c(Cl)c3)c3cnccc32)C1. The van der Waals surface area contributed by atoms with Crippen molar-refractivity contribution in [3.05, 3.63) is 255 Å². The molecule has 6 aromatic heterocycles. The second-order valence-corrected chi connectivity index (χ2v) is 24.9. The Morgan fingerprint density at radius 2 is 0.816 bits per heavy atom. The highest BCUT2D eigenvalue weighted by molar-refractivity contribution is 6.32. The van der Waals surface area contributed by atoms with E-state index in [9.17, 15) is 14.4 Å². The lowest BCUT2D eigenvalue weighted by molar-refractivity contribution is -0.128. The maximum atomic E-state index is 12.2. The Kier molecular flexibility index (Phi) is 19.7. The molecule has 9 heterocycles. The lowest BCUT2D eigenvalue weighted by atomic mass is 10.1. The summed E-state index contributed by atoms with van der Waals surface area (Å²) in [5.74, 6) is 4.39. The van der Waals surface area contributed by atoms with Gasteiger partial charge in [-0.25, -0.2) is 0 Å². The van der Waals surface area contributed by atoms with Gasteiger partial charge in [-0.05, 0) is 197 Å². The number of aryl methyl sites for hydroxylation is 2. The molecule has 0 aliphatic carbocycles. The fourth-order valence-corrected chi connectivity index (χ4v) is 13.2. The number of likely N-dealkylation sites (tertiary alicyclic amines) is 3. The molecule has 3 atom stereocenters. The van der Waals surface area contributed by atoms with Gasteiger partial charge in [0.25, 0.3) is 0 Å². The number of aromatic nitrogens is 9. The van der Waals surface area contributed by atoms with Crippen LogP contribution in [0.3, 0.4) is 0 Å². The molecule has 0 bridgehead atoms. The van der Waals surface area contributed by atoms with Crippen molar-refractivity contribution >= 4 is 62.0 Å². The van der Waals surface area contributed by atoms with Crippen LogP contribution >= 0.6 is 11.6 Å². The number of fused-ring (bicyclic) bond motifs is 3. The summed E-state index contributed by atoms with van der Waals surface area (Å²) < 4.78 is 24.0. The first-order valence-corrected chi connectivity index (χ1v) is 33.2. The number of piperidine rings is 2. The average molecular weight is 1320 g/mol. The number of nitrogens with zero attached hydrogens (tertiary/aromatic N) is 12. The van der Waals surface area contributed by atoms with E-state index in [-0.39, 0.29) is 35.8 Å². The zero-order valence-corrected chi connectivity index (χ0v) is 55.4. The summed E-state index contributed by atoms with van der Waals surface area (Å²) in [5.41, 5.74) is 10.8. The molecule has 15 rings (SSSR count). The molecule has 12 aromatic rings. The Hall–Kier alpha value is -11.5. The highest BCUT2D eigenvalue weighted by Gasteiger charge is 2.31. The van der Waals surface area contributed by atoms with E-state index in [4.69, 9.17) is 41.1 Å². The van der Waals surface area contributed by atoms with Gasteiger partial charge in [0.05, 0.1) is 39.7 Å². The number of para-hydroxylation sites is 1. The first-order valence-electron chi connectivity index (χ1n) is 32.8. The zero-order valence-electron chi connectivity index (χ0n) is 54.6. The molecular weight excluding hydrogens is 1250 g/mol. The summed E-state index contributed by atoms with van der Waals surface area (Å²) >= 11 is 6.58. The number of carbonyl (C=O) groups is 3. The molecule has 0 radical (unpaired) electrons. The van der Waals surface area contributed by atoms with Crippen LogP contribution in [-0.4, -0.2) is 116 Å². The van der Waals surface area contributed by atoms with Gasteiger partial charge in [0.15, 0.2) is 0 Å². The molecule has 3 unspecified atom stereocenters. The predicted octanol–water partition coefficient (Wildman–Crippen LogP) is 16.6. The number of hydrogen-bond donors (Lipinski definition) is 0. The summed E-state index contributed by atoms with van der Waals surface area (Å²) in [6, 6.07) is 53.4. The number of halogens is 1. The second kappa shape index (κ2) is 29.6. The lowest BCUT2D eigenvalue weighted by Gasteiger charge is -2.32. The van der Waals surface area contributed by atoms with Crippen molar-refractivity contribution in [3.8, 4) is 68.3 Å². The van der Waals surface area contributed by atoms with Crippen LogP contribution in [0.4, 0.5) is 0 Å². The Labute approximate surface area is 573 Å². The van der Waals surface area contributed by atoms with Crippen LogP contribution in [0.2, 0.25) is 5.02 Å². The average Bonchev–Trinajstić information content (AvgIpc) is 1.64. The number of rotatable bonds is 15. The van der Waals surface area contributed by atoms with Crippen LogP contribution in [-0.2, 0) is 14.4 Å². The third-order valence-corrected chi connectivity index (χ3v) is 18.2. The van der Waals surface area contributed by atoms with E-state index in [0.29, 0.717) is 37.0 Å². The van der Waals surface area contributed by atoms with Gasteiger partial charge in [-0.2, -0.15) is 15.3 Å². The molecular formula is C79H73ClN12O6. The van der Waals surface area contributed by atoms with Crippen LogP contribution in [0.5, 0.6) is 34.5 Å². The number of carbonyl (C=O) groups excluding carboxylic acids is 3. The van der Waals surface area contributed by atoms with Gasteiger partial charge < -0.3 is 28.9 Å². The normalized spacial score (nSPS) is 15.9. The highest BCUT2D eigenvalue weighted by atomic mass is 35.5. The van der Waals surface area contributed by atoms with E-state index < -0.39 is 0 Å². The highest BCUT2D eigenvalue weighted by Crippen LogP contribution is 2.39. The van der Waals surface area contributed by atoms with Crippen molar-refractivity contribution in [1.82, 2.24) is 59.0 Å². The molecule has 98 heavy (non-hydrogen) atoms. The van der Waals surface area contributed by atoms with Gasteiger partial charge in [0.1, 0.15) is 51.6 Å². The third-order valence-electron chi connectivity index (χ3n) is 17.9. The van der Waals surface area contributed by atoms with Crippen molar-refractivity contribution in [2.45, 2.75) is 64.1 Å². The van der Waals surface area contributed by atoms with Crippen LogP contribution in [0.1, 0.15) is 61.4 Å². The minimum atomic E-state index is -0.0427. The summed E-state index contributed by atoms with van der Waals surface area (Å²) in [6.07, 6.45) is 19.7. The number of pyridine rings is 3. The van der Waals surface area contributed by atoms with E-state index in [2.05, 4.69) is 39.4 Å². The molecule has 18 nitrogen and oxygen atoms in total. The molecule has 3 saturated heterocycles. The molecule has 0 spiro atoms. The largest absolute Gasteiger partial charge is 0.457 e. The molecule has 6 aromatic carbocycles. The fraction of sp³-hybridized carbons (Fsp3) is 0.203. The summed E-state index contributed by atoms with van der Waals surface area (Å²) in [5, 5.41) is 18.4. The lowest BCUT2D eigenvalue weighted by Crippen LogP contribution is -2.40. The molecule has 492 valence electrons. The summed E-state index contributed by atoms with van der Waals surface area (Å²) in [6.45, 7) is 19.0. The third kappa shape index (κ3) is 14.5. The van der Waals surface area contributed by atoms with Crippen molar-refractivity contribution < 1.29 is 28.6 Å². The van der Waals surface area contributed by atoms with Crippen molar-refractivity contribution in [2.75, 3.05) is 39.3 Å². The molecule has 3 fully saturated rings. The Morgan fingerprint density at radius 3 is 1.23 bits per heavy atom. The number of hydrogen-bond acceptors (Lipinski definition) is 12. The van der Waals surface area contributed by atoms with Crippen LogP contribution < -0.4 is 14.2 Å². The maximum Gasteiger partial charge on any atom is 0.246 e. The Morgan fingerprint density at radius 1 is 0.429 bits per heavy atom. The van der Waals surface area contributed by atoms with Crippen molar-refractivity contribution in [3.63, 3.8) is 0 Å². The van der Waals surface area contributed by atoms with Crippen LogP contribution in [0.15, 0.2) is 239 Å². The summed E-state index contributed by atoms with van der Waals surface area (Å²) in [7, 11) is 0. The Bertz CT molecular complexity index is 4890. The standard InChI is InChI=1S/C27H26N4O2.C26H23ClN4O2.C26H24N4O2/c1-3-26(32)30-15-5-7-21(18-30)31-25-13-14-28-17-24(25)27(29-31)20-9-11-22(12-10-20)33-23-8-4-6-19(2)16-23;1-2-25(32)30-14-6-7-19(17-30)31-23-12-13-28-16-21(23)26(29-31)18-10-11-24(22(27)15-18)33-20-8-4-3-5-9-20;1-3-25(31)29-14-12-20(17-29)30-24-11-13-27-16-23(24)26(28-30)19-7-9-21(10-8-19)32-22-6-4-5-18(2)15-22/h3-4,6,8-14,16-17,21H,1,5,7,15,18H2,2H3;2-5,8-13,15-16,19H,1,6-7,14,17H2;3-11,13,15-16,20H,1,12,14,17H2,2H3. The molecule has 0 saturated carbocycles. The minimum Gasteiger partial charge on any atom is -0.457 e. The monoisotopic (exact) mass is 1320 g/mol. The zero-order chi connectivity index (χ0) is 67.7. The van der Waals surface area contributed by atoms with Gasteiger partial charge in [-0.1, -0.05) is 73.8 Å². The summed E-state index contributed by atoms with van der Waals surface area (Å²) in [4.78, 5) is 54.9. The van der Waals surface area contributed by atoms with Crippen molar-refractivity contribution in [1.29, 1.82) is 0 Å².